The van der Waals surface area contributed by atoms with Gasteiger partial charge in [-0.2, -0.15) is 0 Å². The fraction of sp³-hybridized carbons (Fsp3) is 0.476. The number of rotatable bonds is 2. The predicted octanol–water partition coefficient (Wildman–Crippen LogP) is 3.25. The molecule has 0 radical (unpaired) electrons. The van der Waals surface area contributed by atoms with E-state index in [9.17, 15) is 4.79 Å². The van der Waals surface area contributed by atoms with Crippen LogP contribution >= 0.6 is 0 Å². The molecule has 1 aromatic heterocycles. The molecular formula is C21H24N2O2. The van der Waals surface area contributed by atoms with Gasteiger partial charge in [-0.05, 0) is 43.4 Å². The van der Waals surface area contributed by atoms with E-state index in [0.29, 0.717) is 18.0 Å². The zero-order valence-corrected chi connectivity index (χ0v) is 15.0. The molecule has 5 atom stereocenters. The van der Waals surface area contributed by atoms with Gasteiger partial charge in [0.25, 0.3) is 0 Å². The first-order valence-corrected chi connectivity index (χ1v) is 9.19. The summed E-state index contributed by atoms with van der Waals surface area (Å²) >= 11 is 0. The first-order valence-electron chi connectivity index (χ1n) is 9.19. The molecule has 4 aliphatic heterocycles. The van der Waals surface area contributed by atoms with Gasteiger partial charge in [-0.3, -0.25) is 4.90 Å². The topological polar surface area (TPSA) is 34.5 Å². The number of carbonyl (C=O) groups excluding carboxylic acids is 1. The lowest BCUT2D eigenvalue weighted by Gasteiger charge is -2.57. The van der Waals surface area contributed by atoms with Crippen molar-refractivity contribution in [2.45, 2.75) is 31.8 Å². The number of aldehydes is 1. The lowest BCUT2D eigenvalue weighted by Crippen LogP contribution is -2.60. The van der Waals surface area contributed by atoms with Gasteiger partial charge in [0.05, 0.1) is 18.7 Å². The number of fused-ring (bicyclic) bond motifs is 4. The Hall–Kier alpha value is -2.07. The standard InChI is InChI=1S/C21H24N2O2/c1-4-12-10-23-19-9-16-14-6-5-13(25-3)7-18(14)22(2)21(16)20(23)8-15(12)17(19)11-24/h4-7,11,15,17,19-20H,8-10H2,1-3H3/b12-4-/t15-,17?,19-,20-/m0/s1. The van der Waals surface area contributed by atoms with E-state index >= 15 is 0 Å². The Balaban J connectivity index is 1.71. The highest BCUT2D eigenvalue weighted by molar-refractivity contribution is 5.87. The number of carbonyl (C=O) groups is 1. The van der Waals surface area contributed by atoms with Crippen LogP contribution in [-0.4, -0.2) is 35.4 Å². The van der Waals surface area contributed by atoms with Crippen LogP contribution in [0.25, 0.3) is 10.9 Å². The number of methoxy groups -OCH3 is 1. The van der Waals surface area contributed by atoms with Gasteiger partial charge >= 0.3 is 0 Å². The van der Waals surface area contributed by atoms with Crippen LogP contribution in [0.4, 0.5) is 0 Å². The normalized spacial score (nSPS) is 34.4. The summed E-state index contributed by atoms with van der Waals surface area (Å²) in [6.07, 6.45) is 5.50. The molecule has 0 spiro atoms. The van der Waals surface area contributed by atoms with Crippen molar-refractivity contribution < 1.29 is 9.53 Å². The maximum absolute atomic E-state index is 11.9. The largest absolute Gasteiger partial charge is 0.497 e. The molecule has 0 N–H and O–H groups in total. The smallest absolute Gasteiger partial charge is 0.125 e. The Kier molecular flexibility index (Phi) is 3.17. The van der Waals surface area contributed by atoms with Gasteiger partial charge in [0.1, 0.15) is 12.0 Å². The summed E-state index contributed by atoms with van der Waals surface area (Å²) in [6.45, 7) is 3.13. The average Bonchev–Trinajstić information content (AvgIpc) is 2.93. The summed E-state index contributed by atoms with van der Waals surface area (Å²) in [7, 11) is 3.90. The second-order valence-corrected chi connectivity index (χ2v) is 7.68. The third-order valence-corrected chi connectivity index (χ3v) is 6.87. The zero-order valence-electron chi connectivity index (χ0n) is 15.0. The number of allylic oxidation sites excluding steroid dienone is 1. The summed E-state index contributed by atoms with van der Waals surface area (Å²) in [4.78, 5) is 14.5. The number of nitrogens with zero attached hydrogens (tertiary/aromatic N) is 2. The van der Waals surface area contributed by atoms with E-state index in [1.165, 1.54) is 34.0 Å². The quantitative estimate of drug-likeness (QED) is 0.624. The maximum Gasteiger partial charge on any atom is 0.125 e. The Morgan fingerprint density at radius 3 is 2.88 bits per heavy atom. The van der Waals surface area contributed by atoms with Gasteiger partial charge in [-0.1, -0.05) is 11.6 Å². The predicted molar refractivity (Wildman–Crippen MR) is 97.8 cm³/mol. The van der Waals surface area contributed by atoms with Crippen LogP contribution < -0.4 is 4.74 Å². The Morgan fingerprint density at radius 2 is 2.16 bits per heavy atom. The summed E-state index contributed by atoms with van der Waals surface area (Å²) in [5, 5.41) is 1.32. The first kappa shape index (κ1) is 15.2. The van der Waals surface area contributed by atoms with Crippen LogP contribution in [0, 0.1) is 11.8 Å². The molecule has 130 valence electrons. The monoisotopic (exact) mass is 336 g/mol. The van der Waals surface area contributed by atoms with Crippen molar-refractivity contribution in [1.29, 1.82) is 0 Å². The van der Waals surface area contributed by atoms with Crippen molar-refractivity contribution >= 4 is 17.2 Å². The summed E-state index contributed by atoms with van der Waals surface area (Å²) < 4.78 is 7.79. The van der Waals surface area contributed by atoms with Crippen molar-refractivity contribution in [2.75, 3.05) is 13.7 Å². The molecule has 25 heavy (non-hydrogen) atoms. The van der Waals surface area contributed by atoms with Gasteiger partial charge in [0, 0.05) is 42.7 Å². The molecule has 0 amide bonds. The summed E-state index contributed by atoms with van der Waals surface area (Å²) in [5.41, 5.74) is 5.58. The van der Waals surface area contributed by atoms with Gasteiger partial charge in [0.15, 0.2) is 0 Å². The first-order chi connectivity index (χ1) is 12.2. The van der Waals surface area contributed by atoms with E-state index in [-0.39, 0.29) is 5.92 Å². The van der Waals surface area contributed by atoms with Gasteiger partial charge in [-0.15, -0.1) is 0 Å². The van der Waals surface area contributed by atoms with Crippen LogP contribution in [0.15, 0.2) is 29.8 Å². The van der Waals surface area contributed by atoms with Crippen LogP contribution in [0.5, 0.6) is 5.75 Å². The van der Waals surface area contributed by atoms with Crippen LogP contribution in [0.1, 0.15) is 30.6 Å². The zero-order chi connectivity index (χ0) is 17.3. The molecule has 4 heteroatoms. The number of ether oxygens (including phenoxy) is 1. The number of aryl methyl sites for hydroxylation is 1. The number of hydrogen-bond acceptors (Lipinski definition) is 3. The SMILES string of the molecule is C/C=C1/CN2[C@H]3C[C@@H]1C(C=O)[C@@H]2Cc1c3n(C)c2cc(OC)ccc12. The molecule has 1 aromatic carbocycles. The second-order valence-electron chi connectivity index (χ2n) is 7.68. The second kappa shape index (κ2) is 5.21. The van der Waals surface area contributed by atoms with E-state index < -0.39 is 0 Å². The van der Waals surface area contributed by atoms with E-state index in [2.05, 4.69) is 47.7 Å². The number of hydrogen-bond donors (Lipinski definition) is 0. The highest BCUT2D eigenvalue weighted by Gasteiger charge is 2.53. The fourth-order valence-electron chi connectivity index (χ4n) is 5.71. The van der Waals surface area contributed by atoms with Crippen molar-refractivity contribution in [3.8, 4) is 5.75 Å². The highest BCUT2D eigenvalue weighted by Crippen LogP contribution is 2.54. The molecule has 3 fully saturated rings. The van der Waals surface area contributed by atoms with E-state index in [0.717, 1.165) is 25.1 Å². The molecule has 4 bridgehead atoms. The van der Waals surface area contributed by atoms with Crippen molar-refractivity contribution in [3.63, 3.8) is 0 Å². The van der Waals surface area contributed by atoms with Crippen LogP contribution in [0.2, 0.25) is 0 Å². The van der Waals surface area contributed by atoms with Crippen molar-refractivity contribution in [3.05, 3.63) is 41.1 Å². The summed E-state index contributed by atoms with van der Waals surface area (Å²) in [5.74, 6) is 1.46. The minimum atomic E-state index is 0.137. The molecule has 2 aromatic rings. The molecule has 0 aliphatic carbocycles. The minimum absolute atomic E-state index is 0.137. The average molecular weight is 336 g/mol. The Labute approximate surface area is 148 Å². The lowest BCUT2D eigenvalue weighted by molar-refractivity contribution is -0.121. The van der Waals surface area contributed by atoms with Gasteiger partial charge in [0.2, 0.25) is 0 Å². The van der Waals surface area contributed by atoms with Crippen molar-refractivity contribution in [2.24, 2.45) is 18.9 Å². The van der Waals surface area contributed by atoms with E-state index in [1.54, 1.807) is 7.11 Å². The molecule has 2 unspecified atom stereocenters. The lowest BCUT2D eigenvalue weighted by atomic mass is 9.64. The third-order valence-electron chi connectivity index (χ3n) is 6.87. The Morgan fingerprint density at radius 1 is 1.32 bits per heavy atom. The van der Waals surface area contributed by atoms with E-state index in [1.807, 2.05) is 0 Å². The molecule has 0 saturated carbocycles. The van der Waals surface area contributed by atoms with Crippen LogP contribution in [0.3, 0.4) is 0 Å². The van der Waals surface area contributed by atoms with Crippen LogP contribution in [-0.2, 0) is 18.3 Å². The molecule has 5 heterocycles. The summed E-state index contributed by atoms with van der Waals surface area (Å²) in [6, 6.07) is 7.16. The highest BCUT2D eigenvalue weighted by atomic mass is 16.5. The van der Waals surface area contributed by atoms with Crippen molar-refractivity contribution in [1.82, 2.24) is 9.47 Å². The fourth-order valence-corrected chi connectivity index (χ4v) is 5.71. The molecule has 4 nitrogen and oxygen atoms in total. The molecule has 6 rings (SSSR count). The molecule has 3 saturated heterocycles. The number of aromatic nitrogens is 1. The molecule has 4 aliphatic rings. The van der Waals surface area contributed by atoms with Gasteiger partial charge < -0.3 is 14.1 Å². The molecular weight excluding hydrogens is 312 g/mol. The number of piperidine rings is 3. The minimum Gasteiger partial charge on any atom is -0.497 e. The Bertz CT molecular complexity index is 910. The number of benzene rings is 1. The van der Waals surface area contributed by atoms with E-state index in [4.69, 9.17) is 4.74 Å². The third kappa shape index (κ3) is 1.83. The van der Waals surface area contributed by atoms with Gasteiger partial charge in [-0.25, -0.2) is 0 Å². The maximum atomic E-state index is 11.9.